The number of amides is 1. The minimum atomic E-state index is -0.344. The average molecular weight is 391 g/mol. The van der Waals surface area contributed by atoms with Gasteiger partial charge in [-0.3, -0.25) is 0 Å². The van der Waals surface area contributed by atoms with E-state index < -0.39 is 0 Å². The molecule has 1 aromatic carbocycles. The number of nitrogens with two attached hydrogens (primary N) is 1. The zero-order valence-electron chi connectivity index (χ0n) is 16.7. The van der Waals surface area contributed by atoms with Crippen molar-refractivity contribution in [1.29, 1.82) is 0 Å². The van der Waals surface area contributed by atoms with Gasteiger partial charge in [-0.1, -0.05) is 11.2 Å². The Kier molecular flexibility index (Phi) is 6.75. The summed E-state index contributed by atoms with van der Waals surface area (Å²) in [6.07, 6.45) is 4.79. The van der Waals surface area contributed by atoms with Crippen LogP contribution in [0.2, 0.25) is 0 Å². The molecular formula is C21H30FN3O3. The van der Waals surface area contributed by atoms with E-state index in [9.17, 15) is 9.18 Å². The topological polar surface area (TPSA) is 77.1 Å². The van der Waals surface area contributed by atoms with Crippen LogP contribution in [-0.4, -0.2) is 42.0 Å². The molecule has 2 fully saturated rings. The van der Waals surface area contributed by atoms with Gasteiger partial charge in [-0.2, -0.15) is 0 Å². The number of halogens is 1. The number of carbonyl (C=O) groups is 1. The molecule has 0 spiro atoms. The Morgan fingerprint density at radius 3 is 2.50 bits per heavy atom. The molecule has 1 heterocycles. The number of ether oxygens (including phenoxy) is 1. The summed E-state index contributed by atoms with van der Waals surface area (Å²) in [4.78, 5) is 19.4. The van der Waals surface area contributed by atoms with Crippen molar-refractivity contribution < 1.29 is 18.8 Å². The van der Waals surface area contributed by atoms with Gasteiger partial charge in [0.25, 0.3) is 0 Å². The summed E-state index contributed by atoms with van der Waals surface area (Å²) in [7, 11) is 0. The lowest BCUT2D eigenvalue weighted by atomic mass is 9.83. The quantitative estimate of drug-likeness (QED) is 0.608. The van der Waals surface area contributed by atoms with Crippen LogP contribution in [-0.2, 0) is 9.57 Å². The smallest absolute Gasteiger partial charge is 0.410 e. The van der Waals surface area contributed by atoms with Crippen molar-refractivity contribution in [2.24, 2.45) is 5.16 Å². The van der Waals surface area contributed by atoms with E-state index >= 15 is 0 Å². The third-order valence-corrected chi connectivity index (χ3v) is 5.43. The van der Waals surface area contributed by atoms with Gasteiger partial charge in [0.05, 0.1) is 17.5 Å². The van der Waals surface area contributed by atoms with Crippen molar-refractivity contribution in [3.05, 3.63) is 29.6 Å². The standard InChI is InChI=1S/C21H30FN3O3/c1-14(2)27-21(26)25-11-9-18(10-12-25)28-24-17-6-3-15(4-7-17)16-5-8-20(23)19(22)13-16/h5,8,13-15,18H,3-4,6-7,9-12,23H2,1-2H3. The van der Waals surface area contributed by atoms with Crippen LogP contribution in [0, 0.1) is 5.82 Å². The van der Waals surface area contributed by atoms with Crippen LogP contribution in [0.15, 0.2) is 23.4 Å². The van der Waals surface area contributed by atoms with Gasteiger partial charge in [0, 0.05) is 25.9 Å². The van der Waals surface area contributed by atoms with Gasteiger partial charge in [0.15, 0.2) is 0 Å². The maximum absolute atomic E-state index is 13.7. The van der Waals surface area contributed by atoms with Crippen molar-refractivity contribution in [3.63, 3.8) is 0 Å². The molecule has 0 atom stereocenters. The van der Waals surface area contributed by atoms with Gasteiger partial charge in [-0.15, -0.1) is 0 Å². The Bertz CT molecular complexity index is 705. The van der Waals surface area contributed by atoms with Crippen LogP contribution < -0.4 is 5.73 Å². The predicted molar refractivity (Wildman–Crippen MR) is 107 cm³/mol. The molecule has 7 heteroatoms. The summed E-state index contributed by atoms with van der Waals surface area (Å²) in [6, 6.07) is 5.11. The SMILES string of the molecule is CC(C)OC(=O)N1CCC(ON=C2CCC(c3ccc(N)c(F)c3)CC2)CC1. The molecule has 1 aliphatic carbocycles. The first-order chi connectivity index (χ1) is 13.4. The second kappa shape index (κ2) is 9.26. The molecule has 6 nitrogen and oxygen atoms in total. The number of benzene rings is 1. The molecule has 1 saturated carbocycles. The minimum Gasteiger partial charge on any atom is -0.447 e. The predicted octanol–water partition coefficient (Wildman–Crippen LogP) is 4.45. The second-order valence-electron chi connectivity index (χ2n) is 7.94. The Morgan fingerprint density at radius 1 is 1.21 bits per heavy atom. The van der Waals surface area contributed by atoms with Gasteiger partial charge < -0.3 is 20.2 Å². The van der Waals surface area contributed by atoms with Crippen LogP contribution >= 0.6 is 0 Å². The number of carbonyl (C=O) groups excluding carboxylic acids is 1. The maximum Gasteiger partial charge on any atom is 0.410 e. The largest absolute Gasteiger partial charge is 0.447 e. The Balaban J connectivity index is 1.42. The fourth-order valence-electron chi connectivity index (χ4n) is 3.74. The summed E-state index contributed by atoms with van der Waals surface area (Å²) in [5.41, 5.74) is 7.82. The monoisotopic (exact) mass is 391 g/mol. The molecule has 154 valence electrons. The van der Waals surface area contributed by atoms with Crippen molar-refractivity contribution in [2.75, 3.05) is 18.8 Å². The first kappa shape index (κ1) is 20.4. The number of hydrogen-bond acceptors (Lipinski definition) is 5. The number of likely N-dealkylation sites (tertiary alicyclic amines) is 1. The highest BCUT2D eigenvalue weighted by molar-refractivity contribution is 5.84. The molecule has 1 saturated heterocycles. The van der Waals surface area contributed by atoms with Crippen LogP contribution in [0.5, 0.6) is 0 Å². The van der Waals surface area contributed by atoms with E-state index in [2.05, 4.69) is 5.16 Å². The fraction of sp³-hybridized carbons (Fsp3) is 0.619. The number of hydrogen-bond donors (Lipinski definition) is 1. The van der Waals surface area contributed by atoms with E-state index in [0.29, 0.717) is 19.0 Å². The zero-order chi connectivity index (χ0) is 20.1. The van der Waals surface area contributed by atoms with E-state index in [0.717, 1.165) is 49.8 Å². The van der Waals surface area contributed by atoms with Crippen LogP contribution in [0.25, 0.3) is 0 Å². The number of oxime groups is 1. The minimum absolute atomic E-state index is 0.0412. The molecule has 0 bridgehead atoms. The lowest BCUT2D eigenvalue weighted by Gasteiger charge is -2.31. The molecule has 1 amide bonds. The lowest BCUT2D eigenvalue weighted by Crippen LogP contribution is -2.41. The van der Waals surface area contributed by atoms with Gasteiger partial charge in [-0.05, 0) is 63.1 Å². The summed E-state index contributed by atoms with van der Waals surface area (Å²) >= 11 is 0. The highest BCUT2D eigenvalue weighted by Crippen LogP contribution is 2.33. The Morgan fingerprint density at radius 2 is 1.89 bits per heavy atom. The highest BCUT2D eigenvalue weighted by Gasteiger charge is 2.26. The number of anilines is 1. The number of nitrogen functional groups attached to an aromatic ring is 1. The normalized spacial score (nSPS) is 20.9. The first-order valence-electron chi connectivity index (χ1n) is 10.1. The third kappa shape index (κ3) is 5.36. The lowest BCUT2D eigenvalue weighted by molar-refractivity contribution is 0.00403. The molecule has 2 aliphatic rings. The number of rotatable bonds is 4. The van der Waals surface area contributed by atoms with Crippen molar-refractivity contribution in [3.8, 4) is 0 Å². The average Bonchev–Trinajstić information content (AvgIpc) is 2.69. The second-order valence-corrected chi connectivity index (χ2v) is 7.94. The van der Waals surface area contributed by atoms with Crippen molar-refractivity contribution in [2.45, 2.75) is 70.5 Å². The van der Waals surface area contributed by atoms with E-state index in [-0.39, 0.29) is 29.8 Å². The molecule has 3 rings (SSSR count). The number of nitrogens with zero attached hydrogens (tertiary/aromatic N) is 2. The van der Waals surface area contributed by atoms with Gasteiger partial charge >= 0.3 is 6.09 Å². The highest BCUT2D eigenvalue weighted by atomic mass is 19.1. The van der Waals surface area contributed by atoms with Crippen LogP contribution in [0.1, 0.15) is 63.9 Å². The van der Waals surface area contributed by atoms with Crippen molar-refractivity contribution in [1.82, 2.24) is 4.90 Å². The van der Waals surface area contributed by atoms with Gasteiger partial charge in [-0.25, -0.2) is 9.18 Å². The Labute approximate surface area is 165 Å². The van der Waals surface area contributed by atoms with Crippen LogP contribution in [0.4, 0.5) is 14.9 Å². The molecule has 0 unspecified atom stereocenters. The number of piperidine rings is 1. The maximum atomic E-state index is 13.7. The van der Waals surface area contributed by atoms with E-state index in [4.69, 9.17) is 15.3 Å². The Hall–Kier alpha value is -2.31. The molecule has 1 aliphatic heterocycles. The zero-order valence-corrected chi connectivity index (χ0v) is 16.7. The van der Waals surface area contributed by atoms with E-state index in [1.165, 1.54) is 0 Å². The molecule has 28 heavy (non-hydrogen) atoms. The van der Waals surface area contributed by atoms with Gasteiger partial charge in [0.1, 0.15) is 11.9 Å². The molecule has 2 N–H and O–H groups in total. The van der Waals surface area contributed by atoms with Gasteiger partial charge in [0.2, 0.25) is 0 Å². The fourth-order valence-corrected chi connectivity index (χ4v) is 3.74. The van der Waals surface area contributed by atoms with E-state index in [1.54, 1.807) is 17.0 Å². The van der Waals surface area contributed by atoms with E-state index in [1.807, 2.05) is 19.9 Å². The molecule has 1 aromatic rings. The summed E-state index contributed by atoms with van der Waals surface area (Å²) in [6.45, 7) is 4.96. The molecule has 0 aromatic heterocycles. The summed E-state index contributed by atoms with van der Waals surface area (Å²) in [5.74, 6) is -0.00632. The van der Waals surface area contributed by atoms with Crippen molar-refractivity contribution >= 4 is 17.5 Å². The molecule has 0 radical (unpaired) electrons. The summed E-state index contributed by atoms with van der Waals surface area (Å²) in [5, 5.41) is 4.37. The first-order valence-corrected chi connectivity index (χ1v) is 10.1. The third-order valence-electron chi connectivity index (χ3n) is 5.43. The molecular weight excluding hydrogens is 361 g/mol. The summed E-state index contributed by atoms with van der Waals surface area (Å²) < 4.78 is 18.9. The van der Waals surface area contributed by atoms with Crippen LogP contribution in [0.3, 0.4) is 0 Å².